The highest BCUT2D eigenvalue weighted by Crippen LogP contribution is 2.52. The van der Waals surface area contributed by atoms with Crippen molar-refractivity contribution in [2.45, 2.75) is 40.7 Å². The Morgan fingerprint density at radius 1 is 1.67 bits per heavy atom. The maximum atomic E-state index is 12.2. The van der Waals surface area contributed by atoms with Gasteiger partial charge in [0.25, 0.3) is 0 Å². The number of carboxylic acid groups (broad SMARTS) is 1. The van der Waals surface area contributed by atoms with Crippen LogP contribution in [-0.2, 0) is 9.59 Å². The van der Waals surface area contributed by atoms with Crippen molar-refractivity contribution in [2.75, 3.05) is 13.1 Å². The van der Waals surface area contributed by atoms with Crippen molar-refractivity contribution in [2.24, 2.45) is 10.9 Å². The number of thioether (sulfide) groups is 2. The van der Waals surface area contributed by atoms with Gasteiger partial charge in [0.2, 0.25) is 5.91 Å². The van der Waals surface area contributed by atoms with E-state index in [-0.39, 0.29) is 27.5 Å². The molecule has 2 saturated heterocycles. The van der Waals surface area contributed by atoms with Gasteiger partial charge in [-0.2, -0.15) is 5.26 Å². The number of nitrogens with zero attached hydrogens (tertiary/aromatic N) is 3. The van der Waals surface area contributed by atoms with E-state index in [2.05, 4.69) is 10.3 Å². The Labute approximate surface area is 147 Å². The molecule has 3 N–H and O–H groups in total. The van der Waals surface area contributed by atoms with Crippen molar-refractivity contribution < 1.29 is 19.8 Å². The topological polar surface area (TPSA) is 126 Å². The van der Waals surface area contributed by atoms with E-state index >= 15 is 0 Å². The molecule has 0 aromatic rings. The Bertz CT molecular complexity index is 620. The highest BCUT2D eigenvalue weighted by atomic mass is 32.2. The quantitative estimate of drug-likeness (QED) is 0.563. The van der Waals surface area contributed by atoms with Crippen molar-refractivity contribution in [3.05, 3.63) is 0 Å². The molecule has 0 bridgehead atoms. The minimum absolute atomic E-state index is 0.0885. The Morgan fingerprint density at radius 2 is 2.42 bits per heavy atom. The number of carbonyl (C=O) groups excluding carboxylic acids is 1. The summed E-state index contributed by atoms with van der Waals surface area (Å²) in [5, 5.41) is 30.8. The molecule has 24 heavy (non-hydrogen) atoms. The number of carbonyl (C=O) groups is 2. The van der Waals surface area contributed by atoms with Gasteiger partial charge in [-0.3, -0.25) is 9.79 Å². The maximum Gasteiger partial charge on any atom is 0.328 e. The lowest BCUT2D eigenvalue weighted by Crippen LogP contribution is -2.64. The van der Waals surface area contributed by atoms with Gasteiger partial charge >= 0.3 is 5.97 Å². The molecule has 130 valence electrons. The first-order valence-corrected chi connectivity index (χ1v) is 9.50. The Morgan fingerprint density at radius 3 is 2.96 bits per heavy atom. The van der Waals surface area contributed by atoms with Crippen LogP contribution in [0.5, 0.6) is 0 Å². The molecule has 3 unspecified atom stereocenters. The third-order valence-corrected chi connectivity index (χ3v) is 7.54. The number of aliphatic imine (C=N–C) groups is 1. The SMILES string of the molecule is C[C@@H](O)[C@H]1C(=O)N2C(C(=O)O)C(SC3CN=C(CC#N)NC3)S[C@H]12. The summed E-state index contributed by atoms with van der Waals surface area (Å²) in [6.45, 7) is 2.71. The lowest BCUT2D eigenvalue weighted by atomic mass is 9.91. The number of hydrogen-bond donors (Lipinski definition) is 3. The maximum absolute atomic E-state index is 12.2. The summed E-state index contributed by atoms with van der Waals surface area (Å²) < 4.78 is -0.292. The van der Waals surface area contributed by atoms with Crippen molar-refractivity contribution >= 4 is 41.2 Å². The summed E-state index contributed by atoms with van der Waals surface area (Å²) in [5.74, 6) is -1.16. The molecule has 3 aliphatic rings. The van der Waals surface area contributed by atoms with Gasteiger partial charge in [-0.1, -0.05) is 0 Å². The van der Waals surface area contributed by atoms with Crippen LogP contribution < -0.4 is 5.32 Å². The predicted octanol–water partition coefficient (Wildman–Crippen LogP) is -0.305. The van der Waals surface area contributed by atoms with Gasteiger partial charge < -0.3 is 20.4 Å². The van der Waals surface area contributed by atoms with Gasteiger partial charge in [-0.15, -0.1) is 23.5 Å². The Balaban J connectivity index is 1.67. The number of fused-ring (bicyclic) bond motifs is 1. The fourth-order valence-electron chi connectivity index (χ4n) is 3.12. The average molecular weight is 370 g/mol. The molecule has 1 amide bonds. The van der Waals surface area contributed by atoms with Crippen LogP contribution in [0.25, 0.3) is 0 Å². The Hall–Kier alpha value is -1.44. The second-order valence-electron chi connectivity index (χ2n) is 5.95. The lowest BCUT2D eigenvalue weighted by Gasteiger charge is -2.44. The molecule has 2 fully saturated rings. The summed E-state index contributed by atoms with van der Waals surface area (Å²) in [7, 11) is 0. The minimum atomic E-state index is -1.02. The van der Waals surface area contributed by atoms with Crippen molar-refractivity contribution in [1.82, 2.24) is 10.2 Å². The van der Waals surface area contributed by atoms with Crippen molar-refractivity contribution in [3.8, 4) is 6.07 Å². The van der Waals surface area contributed by atoms with Crippen LogP contribution in [0.4, 0.5) is 0 Å². The number of carboxylic acids is 1. The molecule has 0 radical (unpaired) electrons. The molecule has 10 heteroatoms. The molecule has 0 aliphatic carbocycles. The molecule has 3 aliphatic heterocycles. The number of nitrogens with one attached hydrogen (secondary N) is 1. The zero-order chi connectivity index (χ0) is 17.4. The summed E-state index contributed by atoms with van der Waals surface area (Å²) >= 11 is 2.94. The molecule has 0 spiro atoms. The number of aliphatic carboxylic acids is 1. The molecule has 3 heterocycles. The first kappa shape index (κ1) is 17.4. The zero-order valence-electron chi connectivity index (χ0n) is 13.0. The van der Waals surface area contributed by atoms with Crippen molar-refractivity contribution in [1.29, 1.82) is 5.26 Å². The third-order valence-electron chi connectivity index (χ3n) is 4.32. The number of hydrogen-bond acceptors (Lipinski definition) is 8. The standard InChI is InChI=1S/C14H18N4O4S2/c1-6(19)9-11(20)18-10(13(21)22)14(24-12(9)18)23-7-4-16-8(2-3-15)17-5-7/h6-7,9-10,12,14,19H,2,4-5H2,1H3,(H,16,17)(H,21,22)/t6-,9+,10?,12-,14?/m1/s1. The highest BCUT2D eigenvalue weighted by molar-refractivity contribution is 8.18. The second-order valence-corrected chi connectivity index (χ2v) is 8.96. The van der Waals surface area contributed by atoms with Crippen LogP contribution in [0.1, 0.15) is 13.3 Å². The van der Waals surface area contributed by atoms with Crippen LogP contribution >= 0.6 is 23.5 Å². The normalized spacial score (nSPS) is 36.0. The van der Waals surface area contributed by atoms with Crippen LogP contribution in [0.3, 0.4) is 0 Å². The predicted molar refractivity (Wildman–Crippen MR) is 90.5 cm³/mol. The fourth-order valence-corrected chi connectivity index (χ4v) is 6.86. The van der Waals surface area contributed by atoms with Crippen LogP contribution in [0.2, 0.25) is 0 Å². The number of amidine groups is 1. The smallest absolute Gasteiger partial charge is 0.328 e. The van der Waals surface area contributed by atoms with Gasteiger partial charge in [0, 0.05) is 11.8 Å². The first-order valence-electron chi connectivity index (χ1n) is 7.62. The lowest BCUT2D eigenvalue weighted by molar-refractivity contribution is -0.166. The minimum Gasteiger partial charge on any atom is -0.480 e. The van der Waals surface area contributed by atoms with E-state index in [0.29, 0.717) is 18.9 Å². The average Bonchev–Trinajstić information content (AvgIpc) is 2.83. The molecule has 0 saturated carbocycles. The van der Waals surface area contributed by atoms with Crippen molar-refractivity contribution in [3.63, 3.8) is 0 Å². The fraction of sp³-hybridized carbons (Fsp3) is 0.714. The largest absolute Gasteiger partial charge is 0.480 e. The summed E-state index contributed by atoms with van der Waals surface area (Å²) in [6.07, 6.45) is -0.535. The van der Waals surface area contributed by atoms with Crippen LogP contribution in [0.15, 0.2) is 4.99 Å². The summed E-state index contributed by atoms with van der Waals surface area (Å²) in [6, 6.07) is 1.16. The molecule has 0 aromatic heterocycles. The molecule has 3 rings (SSSR count). The summed E-state index contributed by atoms with van der Waals surface area (Å²) in [4.78, 5) is 29.5. The van der Waals surface area contributed by atoms with Crippen LogP contribution in [-0.4, -0.2) is 73.3 Å². The number of rotatable bonds is 5. The monoisotopic (exact) mass is 370 g/mol. The van der Waals surface area contributed by atoms with E-state index in [1.165, 1.54) is 28.4 Å². The number of aliphatic hydroxyl groups is 1. The van der Waals surface area contributed by atoms with Gasteiger partial charge in [0.15, 0.2) is 6.04 Å². The van der Waals surface area contributed by atoms with E-state index in [0.717, 1.165) is 0 Å². The number of nitriles is 1. The second kappa shape index (κ2) is 6.82. The zero-order valence-corrected chi connectivity index (χ0v) is 14.6. The number of β-lactam (4-membered cyclic amide) rings is 1. The molecule has 8 nitrogen and oxygen atoms in total. The van der Waals surface area contributed by atoms with Gasteiger partial charge in [0.1, 0.15) is 5.84 Å². The number of aliphatic hydroxyl groups excluding tert-OH is 1. The first-order chi connectivity index (χ1) is 11.4. The van der Waals surface area contributed by atoms with Gasteiger partial charge in [-0.25, -0.2) is 4.79 Å². The van der Waals surface area contributed by atoms with Gasteiger partial charge in [-0.05, 0) is 6.92 Å². The van der Waals surface area contributed by atoms with E-state index < -0.39 is 24.0 Å². The van der Waals surface area contributed by atoms with E-state index in [1.54, 1.807) is 6.92 Å². The third kappa shape index (κ3) is 2.96. The van der Waals surface area contributed by atoms with Crippen LogP contribution in [0, 0.1) is 17.2 Å². The number of amides is 1. The Kier molecular flexibility index (Phi) is 4.94. The van der Waals surface area contributed by atoms with E-state index in [1.807, 2.05) is 6.07 Å². The highest BCUT2D eigenvalue weighted by Gasteiger charge is 2.62. The van der Waals surface area contributed by atoms with E-state index in [4.69, 9.17) is 5.26 Å². The van der Waals surface area contributed by atoms with E-state index in [9.17, 15) is 19.8 Å². The summed E-state index contributed by atoms with van der Waals surface area (Å²) in [5.41, 5.74) is 0. The molecular weight excluding hydrogens is 352 g/mol. The molecular formula is C14H18N4O4S2. The molecule has 6 atom stereocenters. The molecule has 0 aromatic carbocycles. The van der Waals surface area contributed by atoms with Gasteiger partial charge in [0.05, 0.1) is 41.0 Å².